The van der Waals surface area contributed by atoms with Gasteiger partial charge in [-0.15, -0.1) is 21.5 Å². The van der Waals surface area contributed by atoms with Gasteiger partial charge >= 0.3 is 0 Å². The maximum absolute atomic E-state index is 3.99. The third-order valence-electron chi connectivity index (χ3n) is 1.23. The molecule has 11 heavy (non-hydrogen) atoms. The summed E-state index contributed by atoms with van der Waals surface area (Å²) in [5.74, 6) is 0. The normalized spacial score (nSPS) is 10.9. The van der Waals surface area contributed by atoms with Crippen molar-refractivity contribution >= 4 is 11.3 Å². The number of nitrogens with zero attached hydrogens (tertiary/aromatic N) is 2. The lowest BCUT2D eigenvalue weighted by Gasteiger charge is -2.03. The minimum absolute atomic E-state index is 0.513. The molecule has 1 heterocycles. The summed E-state index contributed by atoms with van der Waals surface area (Å²) in [6.45, 7) is 7.04. The van der Waals surface area contributed by atoms with Gasteiger partial charge in [0.25, 0.3) is 0 Å². The Labute approximate surface area is 70.9 Å². The Balaban J connectivity index is 2.39. The summed E-state index contributed by atoms with van der Waals surface area (Å²) in [6, 6.07) is 0.513. The van der Waals surface area contributed by atoms with E-state index < -0.39 is 0 Å². The molecule has 3 nitrogen and oxygen atoms in total. The van der Waals surface area contributed by atoms with Gasteiger partial charge in [-0.1, -0.05) is 13.8 Å². The molecule has 4 heteroatoms. The van der Waals surface area contributed by atoms with Crippen molar-refractivity contribution in [3.63, 3.8) is 0 Å². The van der Waals surface area contributed by atoms with Gasteiger partial charge in [-0.3, -0.25) is 0 Å². The first-order chi connectivity index (χ1) is 5.18. The van der Waals surface area contributed by atoms with Crippen molar-refractivity contribution < 1.29 is 0 Å². The van der Waals surface area contributed by atoms with Gasteiger partial charge in [0.2, 0.25) is 0 Å². The van der Waals surface area contributed by atoms with E-state index in [1.165, 1.54) is 0 Å². The van der Waals surface area contributed by atoms with Gasteiger partial charge in [0, 0.05) is 12.6 Å². The van der Waals surface area contributed by atoms with Crippen LogP contribution in [0.2, 0.25) is 0 Å². The molecule has 0 aromatic carbocycles. The Morgan fingerprint density at radius 1 is 1.45 bits per heavy atom. The molecule has 1 rings (SSSR count). The topological polar surface area (TPSA) is 37.8 Å². The zero-order valence-corrected chi connectivity index (χ0v) is 7.90. The van der Waals surface area contributed by atoms with Gasteiger partial charge in [-0.25, -0.2) is 0 Å². The number of hydrogen-bond acceptors (Lipinski definition) is 4. The molecule has 0 atom stereocenters. The quantitative estimate of drug-likeness (QED) is 0.746. The van der Waals surface area contributed by atoms with E-state index in [1.807, 2.05) is 6.92 Å². The van der Waals surface area contributed by atoms with Crippen molar-refractivity contribution in [2.24, 2.45) is 0 Å². The standard InChI is InChI=1S/C7H13N3S/c1-5(2)8-4-7-10-9-6(3)11-7/h5,8H,4H2,1-3H3. The molecule has 0 aliphatic carbocycles. The minimum atomic E-state index is 0.513. The van der Waals surface area contributed by atoms with Gasteiger partial charge in [-0.05, 0) is 6.92 Å². The van der Waals surface area contributed by atoms with Crippen LogP contribution in [0.1, 0.15) is 23.9 Å². The Morgan fingerprint density at radius 2 is 2.18 bits per heavy atom. The molecule has 0 spiro atoms. The smallest absolute Gasteiger partial charge is 0.131 e. The number of aryl methyl sites for hydroxylation is 1. The lowest BCUT2D eigenvalue weighted by Crippen LogP contribution is -2.21. The fourth-order valence-electron chi connectivity index (χ4n) is 0.700. The van der Waals surface area contributed by atoms with Crippen molar-refractivity contribution in [1.29, 1.82) is 0 Å². The van der Waals surface area contributed by atoms with Crippen LogP contribution in [0.5, 0.6) is 0 Å². The molecule has 1 aromatic rings. The van der Waals surface area contributed by atoms with Crippen molar-refractivity contribution in [2.45, 2.75) is 33.4 Å². The van der Waals surface area contributed by atoms with Crippen LogP contribution in [0, 0.1) is 6.92 Å². The third-order valence-corrected chi connectivity index (χ3v) is 2.07. The average molecular weight is 171 g/mol. The molecule has 0 saturated carbocycles. The van der Waals surface area contributed by atoms with Crippen LogP contribution in [-0.2, 0) is 6.54 Å². The molecule has 0 fully saturated rings. The van der Waals surface area contributed by atoms with Crippen LogP contribution in [0.3, 0.4) is 0 Å². The van der Waals surface area contributed by atoms with Crippen molar-refractivity contribution in [1.82, 2.24) is 15.5 Å². The molecule has 0 aliphatic rings. The Morgan fingerprint density at radius 3 is 2.64 bits per heavy atom. The lowest BCUT2D eigenvalue weighted by atomic mass is 10.4. The average Bonchev–Trinajstić information content (AvgIpc) is 2.31. The second-order valence-corrected chi connectivity index (χ2v) is 4.02. The predicted octanol–water partition coefficient (Wildman–Crippen LogP) is 1.34. The fraction of sp³-hybridized carbons (Fsp3) is 0.714. The Hall–Kier alpha value is -0.480. The molecular formula is C7H13N3S. The number of aromatic nitrogens is 2. The predicted molar refractivity (Wildman–Crippen MR) is 46.6 cm³/mol. The second-order valence-electron chi connectivity index (χ2n) is 2.75. The van der Waals surface area contributed by atoms with Gasteiger partial charge in [0.15, 0.2) is 0 Å². The highest BCUT2D eigenvalue weighted by molar-refractivity contribution is 7.11. The zero-order valence-electron chi connectivity index (χ0n) is 7.09. The van der Waals surface area contributed by atoms with Crippen molar-refractivity contribution in [3.05, 3.63) is 10.0 Å². The first-order valence-corrected chi connectivity index (χ1v) is 4.52. The summed E-state index contributed by atoms with van der Waals surface area (Å²) in [6.07, 6.45) is 0. The number of nitrogens with one attached hydrogen (secondary N) is 1. The molecule has 0 bridgehead atoms. The second kappa shape index (κ2) is 3.78. The van der Waals surface area contributed by atoms with Crippen LogP contribution in [0.4, 0.5) is 0 Å². The summed E-state index contributed by atoms with van der Waals surface area (Å²) in [5, 5.41) is 13.3. The molecule has 1 N–H and O–H groups in total. The van der Waals surface area contributed by atoms with Gasteiger partial charge < -0.3 is 5.32 Å². The largest absolute Gasteiger partial charge is 0.308 e. The maximum atomic E-state index is 3.99. The monoisotopic (exact) mass is 171 g/mol. The van der Waals surface area contributed by atoms with Crippen LogP contribution in [-0.4, -0.2) is 16.2 Å². The molecule has 0 aliphatic heterocycles. The van der Waals surface area contributed by atoms with Crippen molar-refractivity contribution in [3.8, 4) is 0 Å². The summed E-state index contributed by atoms with van der Waals surface area (Å²) in [5.41, 5.74) is 0. The summed E-state index contributed by atoms with van der Waals surface area (Å²) in [4.78, 5) is 0. The van der Waals surface area contributed by atoms with E-state index >= 15 is 0 Å². The summed E-state index contributed by atoms with van der Waals surface area (Å²) < 4.78 is 0. The maximum Gasteiger partial charge on any atom is 0.131 e. The van der Waals surface area contributed by atoms with E-state index in [4.69, 9.17) is 0 Å². The molecule has 0 radical (unpaired) electrons. The summed E-state index contributed by atoms with van der Waals surface area (Å²) in [7, 11) is 0. The molecule has 1 aromatic heterocycles. The fourth-order valence-corrected chi connectivity index (χ4v) is 1.36. The molecular weight excluding hydrogens is 158 g/mol. The van der Waals surface area contributed by atoms with Crippen LogP contribution in [0.15, 0.2) is 0 Å². The number of rotatable bonds is 3. The summed E-state index contributed by atoms with van der Waals surface area (Å²) >= 11 is 1.64. The van der Waals surface area contributed by atoms with Crippen LogP contribution < -0.4 is 5.32 Å². The van der Waals surface area contributed by atoms with Gasteiger partial charge in [0.05, 0.1) is 0 Å². The van der Waals surface area contributed by atoms with E-state index in [0.29, 0.717) is 6.04 Å². The zero-order chi connectivity index (χ0) is 8.27. The SMILES string of the molecule is Cc1nnc(CNC(C)C)s1. The first-order valence-electron chi connectivity index (χ1n) is 3.71. The molecule has 0 unspecified atom stereocenters. The highest BCUT2D eigenvalue weighted by Gasteiger charge is 1.99. The highest BCUT2D eigenvalue weighted by Crippen LogP contribution is 2.06. The Kier molecular flexibility index (Phi) is 2.96. The number of hydrogen-bond donors (Lipinski definition) is 1. The molecule has 62 valence electrons. The van der Waals surface area contributed by atoms with E-state index in [2.05, 4.69) is 29.4 Å². The van der Waals surface area contributed by atoms with Gasteiger partial charge in [0.1, 0.15) is 10.0 Å². The van der Waals surface area contributed by atoms with E-state index in [1.54, 1.807) is 11.3 Å². The van der Waals surface area contributed by atoms with Gasteiger partial charge in [-0.2, -0.15) is 0 Å². The molecule has 0 amide bonds. The minimum Gasteiger partial charge on any atom is -0.308 e. The van der Waals surface area contributed by atoms with Crippen LogP contribution >= 0.6 is 11.3 Å². The third kappa shape index (κ3) is 2.95. The lowest BCUT2D eigenvalue weighted by molar-refractivity contribution is 0.584. The van der Waals surface area contributed by atoms with E-state index in [0.717, 1.165) is 16.6 Å². The highest BCUT2D eigenvalue weighted by atomic mass is 32.1. The molecule has 0 saturated heterocycles. The van der Waals surface area contributed by atoms with E-state index in [9.17, 15) is 0 Å². The Bertz CT molecular complexity index is 219. The van der Waals surface area contributed by atoms with Crippen LogP contribution in [0.25, 0.3) is 0 Å². The first kappa shape index (κ1) is 8.62. The van der Waals surface area contributed by atoms with E-state index in [-0.39, 0.29) is 0 Å². The van der Waals surface area contributed by atoms with Crippen molar-refractivity contribution in [2.75, 3.05) is 0 Å².